The number of rotatable bonds is 1. The molecule has 0 amide bonds. The van der Waals surface area contributed by atoms with E-state index in [4.69, 9.17) is 4.74 Å². The maximum absolute atomic E-state index is 12.6. The van der Waals surface area contributed by atoms with Crippen LogP contribution in [0.3, 0.4) is 0 Å². The Morgan fingerprint density at radius 3 is 2.55 bits per heavy atom. The molecule has 40 heavy (non-hydrogen) atoms. The van der Waals surface area contributed by atoms with Gasteiger partial charge in [0.2, 0.25) is 15.9 Å². The summed E-state index contributed by atoms with van der Waals surface area (Å²) in [5.74, 6) is 0.727. The molecule has 2 aliphatic heterocycles. The smallest absolute Gasteiger partial charge is 0.271 e. The van der Waals surface area contributed by atoms with Gasteiger partial charge >= 0.3 is 0 Å². The number of nitrogens with one attached hydrogen (secondary N) is 2. The lowest BCUT2D eigenvalue weighted by Crippen LogP contribution is -2.32. The number of ether oxygens (including phenoxy) is 1. The van der Waals surface area contributed by atoms with Crippen molar-refractivity contribution in [1.82, 2.24) is 39.0 Å². The van der Waals surface area contributed by atoms with Crippen LogP contribution in [0.15, 0.2) is 29.2 Å². The number of sulfonamides is 1. The first-order valence-corrected chi connectivity index (χ1v) is 15.1. The van der Waals surface area contributed by atoms with Crippen LogP contribution in [-0.2, 0) is 30.7 Å². The van der Waals surface area contributed by atoms with Crippen molar-refractivity contribution in [3.05, 3.63) is 51.7 Å². The molecule has 13 heteroatoms. The van der Waals surface area contributed by atoms with Crippen molar-refractivity contribution in [3.8, 4) is 17.0 Å². The first kappa shape index (κ1) is 27.9. The average molecular weight is 569 g/mol. The molecule has 0 radical (unpaired) electrons. The summed E-state index contributed by atoms with van der Waals surface area (Å²) in [6, 6.07) is 6.08. The van der Waals surface area contributed by atoms with Crippen molar-refractivity contribution in [2.24, 2.45) is 14.1 Å². The molecule has 1 atom stereocenters. The van der Waals surface area contributed by atoms with Gasteiger partial charge in [0.1, 0.15) is 6.10 Å². The minimum atomic E-state index is -2.87. The molecule has 6 rings (SSSR count). The van der Waals surface area contributed by atoms with Gasteiger partial charge in [-0.3, -0.25) is 24.6 Å². The highest BCUT2D eigenvalue weighted by atomic mass is 32.2. The van der Waals surface area contributed by atoms with Crippen LogP contribution in [0.2, 0.25) is 0 Å². The third kappa shape index (κ3) is 5.76. The van der Waals surface area contributed by atoms with Gasteiger partial charge in [0, 0.05) is 45.7 Å². The van der Waals surface area contributed by atoms with Crippen LogP contribution in [0.5, 0.6) is 5.88 Å². The highest BCUT2D eigenvalue weighted by molar-refractivity contribution is 7.88. The molecule has 214 valence electrons. The molecule has 1 saturated heterocycles. The summed E-state index contributed by atoms with van der Waals surface area (Å²) in [6.07, 6.45) is 8.83. The maximum Gasteiger partial charge on any atom is 0.271 e. The fourth-order valence-corrected chi connectivity index (χ4v) is 6.14. The Hall–Kier alpha value is -3.68. The molecular weight excluding hydrogens is 532 g/mol. The standard InChI is InChI=1S/C22H25N7O2.C5H11NO2S/c1-13-11-27(2)12-20-15(21(30)26-28(20)3)6-8-19-16-9-14(5-7-18(16)24-25-19)17-10-23-29(4)22(17)31-13;1-9(7,8)6-4-2-3-5-6/h5-10,13H,11-12H2,1-4H3,(H,24,25)(H,26,30);2-5H2,1H3/b8-6+;. The molecule has 0 aliphatic carbocycles. The fourth-order valence-electron chi connectivity index (χ4n) is 5.22. The van der Waals surface area contributed by atoms with E-state index >= 15 is 0 Å². The topological polar surface area (TPSA) is 134 Å². The van der Waals surface area contributed by atoms with Gasteiger partial charge in [-0.05, 0) is 56.7 Å². The summed E-state index contributed by atoms with van der Waals surface area (Å²) in [6.45, 7) is 4.78. The Morgan fingerprint density at radius 1 is 1.10 bits per heavy atom. The van der Waals surface area contributed by atoms with Crippen LogP contribution in [-0.4, -0.2) is 86.4 Å². The van der Waals surface area contributed by atoms with Crippen molar-refractivity contribution in [2.75, 3.05) is 32.9 Å². The zero-order valence-electron chi connectivity index (χ0n) is 23.5. The van der Waals surface area contributed by atoms with Gasteiger partial charge in [-0.15, -0.1) is 0 Å². The first-order valence-electron chi connectivity index (χ1n) is 13.3. The highest BCUT2D eigenvalue weighted by Gasteiger charge is 2.21. The number of aromatic nitrogens is 6. The number of fused-ring (bicyclic) bond motifs is 4. The van der Waals surface area contributed by atoms with E-state index < -0.39 is 10.0 Å². The molecule has 2 N–H and O–H groups in total. The third-order valence-electron chi connectivity index (χ3n) is 7.26. The molecule has 12 nitrogen and oxygen atoms in total. The number of aryl methyl sites for hydroxylation is 2. The van der Waals surface area contributed by atoms with Crippen LogP contribution in [0.4, 0.5) is 0 Å². The Kier molecular flexibility index (Phi) is 7.71. The van der Waals surface area contributed by atoms with Crippen LogP contribution in [0.1, 0.15) is 36.7 Å². The van der Waals surface area contributed by atoms with Gasteiger partial charge in [0.15, 0.2) is 0 Å². The quantitative estimate of drug-likeness (QED) is 0.360. The average Bonchev–Trinajstić information content (AvgIpc) is 3.67. The van der Waals surface area contributed by atoms with Crippen LogP contribution in [0, 0.1) is 0 Å². The van der Waals surface area contributed by atoms with E-state index in [1.54, 1.807) is 9.36 Å². The highest BCUT2D eigenvalue weighted by Crippen LogP contribution is 2.33. The zero-order valence-corrected chi connectivity index (χ0v) is 24.3. The van der Waals surface area contributed by atoms with Gasteiger partial charge in [-0.2, -0.15) is 10.2 Å². The largest absolute Gasteiger partial charge is 0.473 e. The normalized spacial score (nSPS) is 19.3. The molecule has 2 bridgehead atoms. The van der Waals surface area contributed by atoms with E-state index in [9.17, 15) is 13.2 Å². The molecular formula is C27H36N8O4S. The molecule has 0 saturated carbocycles. The molecule has 1 unspecified atom stereocenters. The summed E-state index contributed by atoms with van der Waals surface area (Å²) in [5, 5.41) is 15.8. The van der Waals surface area contributed by atoms with Gasteiger partial charge < -0.3 is 4.74 Å². The van der Waals surface area contributed by atoms with Crippen molar-refractivity contribution in [3.63, 3.8) is 0 Å². The second kappa shape index (κ2) is 11.1. The predicted molar refractivity (Wildman–Crippen MR) is 155 cm³/mol. The Bertz CT molecular complexity index is 1710. The van der Waals surface area contributed by atoms with Crippen molar-refractivity contribution in [2.45, 2.75) is 32.4 Å². The Labute approximate surface area is 233 Å². The Balaban J connectivity index is 0.000000306. The molecule has 4 aromatic rings. The van der Waals surface area contributed by atoms with Crippen molar-refractivity contribution < 1.29 is 13.2 Å². The number of benzene rings is 1. The number of nitrogens with zero attached hydrogens (tertiary/aromatic N) is 6. The van der Waals surface area contributed by atoms with Gasteiger partial charge in [-0.1, -0.05) is 6.07 Å². The molecule has 5 heterocycles. The second-order valence-electron chi connectivity index (χ2n) is 10.5. The summed E-state index contributed by atoms with van der Waals surface area (Å²) in [7, 11) is 2.89. The minimum absolute atomic E-state index is 0.0764. The number of aromatic amines is 2. The van der Waals surface area contributed by atoms with Crippen LogP contribution >= 0.6 is 0 Å². The number of hydrogen-bond donors (Lipinski definition) is 2. The van der Waals surface area contributed by atoms with E-state index in [-0.39, 0.29) is 11.7 Å². The summed E-state index contributed by atoms with van der Waals surface area (Å²) >= 11 is 0. The van der Waals surface area contributed by atoms with E-state index in [0.717, 1.165) is 65.2 Å². The van der Waals surface area contributed by atoms with Crippen molar-refractivity contribution >= 4 is 33.1 Å². The summed E-state index contributed by atoms with van der Waals surface area (Å²) in [4.78, 5) is 14.7. The van der Waals surface area contributed by atoms with E-state index in [0.29, 0.717) is 18.7 Å². The van der Waals surface area contributed by atoms with E-state index in [1.807, 2.05) is 58.5 Å². The predicted octanol–water partition coefficient (Wildman–Crippen LogP) is 2.42. The summed E-state index contributed by atoms with van der Waals surface area (Å²) < 4.78 is 32.9. The minimum Gasteiger partial charge on any atom is -0.473 e. The lowest BCUT2D eigenvalue weighted by Gasteiger charge is -2.23. The van der Waals surface area contributed by atoms with Gasteiger partial charge in [0.05, 0.1) is 40.5 Å². The number of likely N-dealkylation sites (N-methyl/N-ethyl adjacent to an activating group) is 1. The molecule has 3 aromatic heterocycles. The first-order chi connectivity index (χ1) is 19.0. The molecule has 1 fully saturated rings. The monoisotopic (exact) mass is 568 g/mol. The molecule has 0 spiro atoms. The summed E-state index contributed by atoms with van der Waals surface area (Å²) in [5.41, 5.74) is 5.08. The fraction of sp³-hybridized carbons (Fsp3) is 0.444. The maximum atomic E-state index is 12.6. The van der Waals surface area contributed by atoms with E-state index in [2.05, 4.69) is 31.4 Å². The third-order valence-corrected chi connectivity index (χ3v) is 8.56. The SMILES string of the molecule is CC1CN(C)Cc2c(c(=O)[nH]n2C)/C=C/c2[nH]nc3ccc(cc23)-c2cnn(C)c2O1.CS(=O)(=O)N1CCCC1. The zero-order chi connectivity index (χ0) is 28.6. The molecule has 1 aromatic carbocycles. The van der Waals surface area contributed by atoms with Crippen LogP contribution in [0.25, 0.3) is 34.2 Å². The lowest BCUT2D eigenvalue weighted by molar-refractivity contribution is 0.147. The number of H-pyrrole nitrogens is 2. The van der Waals surface area contributed by atoms with Crippen LogP contribution < -0.4 is 10.3 Å². The van der Waals surface area contributed by atoms with Gasteiger partial charge in [-0.25, -0.2) is 17.4 Å². The number of hydrogen-bond acceptors (Lipinski definition) is 7. The van der Waals surface area contributed by atoms with E-state index in [1.165, 1.54) is 10.6 Å². The molecule has 2 aliphatic rings. The Morgan fingerprint density at radius 2 is 1.85 bits per heavy atom. The van der Waals surface area contributed by atoms with Crippen molar-refractivity contribution in [1.29, 1.82) is 0 Å². The second-order valence-corrected chi connectivity index (χ2v) is 12.5. The van der Waals surface area contributed by atoms with Gasteiger partial charge in [0.25, 0.3) is 5.56 Å². The lowest BCUT2D eigenvalue weighted by atomic mass is 10.1.